The normalized spacial score (nSPS) is 9.93. The number of nitrogens with two attached hydrogens (primary N) is 1. The van der Waals surface area contributed by atoms with Crippen molar-refractivity contribution in [3.05, 3.63) is 30.1 Å². The number of nitrogens with one attached hydrogen (secondary N) is 1. The zero-order valence-corrected chi connectivity index (χ0v) is 8.48. The van der Waals surface area contributed by atoms with Gasteiger partial charge in [0.1, 0.15) is 5.69 Å². The van der Waals surface area contributed by atoms with Crippen LogP contribution in [0.25, 0.3) is 0 Å². The fourth-order valence-electron chi connectivity index (χ4n) is 1.01. The maximum Gasteiger partial charge on any atom is 0.269 e. The van der Waals surface area contributed by atoms with E-state index in [0.29, 0.717) is 32.0 Å². The monoisotopic (exact) mass is 209 g/mol. The first kappa shape index (κ1) is 11.6. The van der Waals surface area contributed by atoms with Crippen molar-refractivity contribution in [2.24, 2.45) is 5.73 Å². The lowest BCUT2D eigenvalue weighted by atomic mass is 10.3. The van der Waals surface area contributed by atoms with E-state index in [1.807, 2.05) is 0 Å². The molecule has 0 saturated carbocycles. The molecule has 1 heterocycles. The number of pyridine rings is 1. The highest BCUT2D eigenvalue weighted by atomic mass is 16.5. The molecule has 0 aliphatic heterocycles. The maximum absolute atomic E-state index is 11.4. The number of aromatic nitrogens is 1. The molecule has 0 bridgehead atoms. The minimum atomic E-state index is -0.188. The first-order chi connectivity index (χ1) is 7.34. The van der Waals surface area contributed by atoms with Gasteiger partial charge in [-0.3, -0.25) is 9.78 Å². The first-order valence-electron chi connectivity index (χ1n) is 4.81. The van der Waals surface area contributed by atoms with Crippen LogP contribution in [0.3, 0.4) is 0 Å². The highest BCUT2D eigenvalue weighted by Crippen LogP contribution is 1.91. The number of nitrogens with zero attached hydrogens (tertiary/aromatic N) is 1. The maximum atomic E-state index is 11.4. The fourth-order valence-corrected chi connectivity index (χ4v) is 1.01. The smallest absolute Gasteiger partial charge is 0.269 e. The van der Waals surface area contributed by atoms with Crippen molar-refractivity contribution in [1.82, 2.24) is 10.3 Å². The van der Waals surface area contributed by atoms with Gasteiger partial charge in [0.25, 0.3) is 5.91 Å². The number of hydrogen-bond acceptors (Lipinski definition) is 4. The van der Waals surface area contributed by atoms with Gasteiger partial charge in [-0.1, -0.05) is 6.07 Å². The second-order valence-electron chi connectivity index (χ2n) is 2.87. The quantitative estimate of drug-likeness (QED) is 0.635. The summed E-state index contributed by atoms with van der Waals surface area (Å²) in [4.78, 5) is 15.3. The molecule has 5 heteroatoms. The standard InChI is InChI=1S/C10H15N3O2/c11-4-7-15-8-6-13-10(14)9-3-1-2-5-12-9/h1-3,5H,4,6-8,11H2,(H,13,14). The minimum Gasteiger partial charge on any atom is -0.378 e. The van der Waals surface area contributed by atoms with Crippen LogP contribution in [0.1, 0.15) is 10.5 Å². The largest absolute Gasteiger partial charge is 0.378 e. The van der Waals surface area contributed by atoms with Crippen molar-refractivity contribution in [3.8, 4) is 0 Å². The van der Waals surface area contributed by atoms with E-state index in [4.69, 9.17) is 10.5 Å². The van der Waals surface area contributed by atoms with Gasteiger partial charge in [0.2, 0.25) is 0 Å². The van der Waals surface area contributed by atoms with E-state index in [2.05, 4.69) is 10.3 Å². The minimum absolute atomic E-state index is 0.188. The molecule has 0 aliphatic carbocycles. The van der Waals surface area contributed by atoms with Crippen molar-refractivity contribution in [2.45, 2.75) is 0 Å². The molecule has 0 atom stereocenters. The molecule has 1 aromatic heterocycles. The van der Waals surface area contributed by atoms with Crippen molar-refractivity contribution in [2.75, 3.05) is 26.3 Å². The molecule has 0 unspecified atom stereocenters. The summed E-state index contributed by atoms with van der Waals surface area (Å²) in [6.45, 7) is 1.94. The van der Waals surface area contributed by atoms with Crippen LogP contribution in [0.5, 0.6) is 0 Å². The summed E-state index contributed by atoms with van der Waals surface area (Å²) in [7, 11) is 0. The Morgan fingerprint density at radius 3 is 3.00 bits per heavy atom. The number of rotatable bonds is 6. The average Bonchev–Trinajstić information content (AvgIpc) is 2.30. The molecule has 0 aliphatic rings. The highest BCUT2D eigenvalue weighted by Gasteiger charge is 2.03. The van der Waals surface area contributed by atoms with Gasteiger partial charge < -0.3 is 15.8 Å². The highest BCUT2D eigenvalue weighted by molar-refractivity contribution is 5.92. The van der Waals surface area contributed by atoms with Crippen LogP contribution < -0.4 is 11.1 Å². The van der Waals surface area contributed by atoms with Gasteiger partial charge in [-0.05, 0) is 12.1 Å². The molecule has 0 aromatic carbocycles. The Balaban J connectivity index is 2.20. The first-order valence-corrected chi connectivity index (χ1v) is 4.81. The van der Waals surface area contributed by atoms with Crippen LogP contribution in [0, 0.1) is 0 Å². The topological polar surface area (TPSA) is 77.2 Å². The Hall–Kier alpha value is -1.46. The Bertz CT molecular complexity index is 290. The Labute approximate surface area is 88.6 Å². The third-order valence-electron chi connectivity index (χ3n) is 1.69. The summed E-state index contributed by atoms with van der Waals surface area (Å²) in [6, 6.07) is 5.20. The summed E-state index contributed by atoms with van der Waals surface area (Å²) in [6.07, 6.45) is 1.58. The van der Waals surface area contributed by atoms with Gasteiger partial charge in [-0.2, -0.15) is 0 Å². The van der Waals surface area contributed by atoms with Crippen molar-refractivity contribution in [1.29, 1.82) is 0 Å². The predicted molar refractivity (Wildman–Crippen MR) is 56.4 cm³/mol. The van der Waals surface area contributed by atoms with Crippen LogP contribution in [0.15, 0.2) is 24.4 Å². The summed E-state index contributed by atoms with van der Waals surface area (Å²) in [5.74, 6) is -0.188. The third kappa shape index (κ3) is 4.53. The zero-order valence-electron chi connectivity index (χ0n) is 8.48. The molecule has 15 heavy (non-hydrogen) atoms. The Kier molecular flexibility index (Phi) is 5.35. The molecular formula is C10H15N3O2. The molecule has 3 N–H and O–H groups in total. The number of carbonyl (C=O) groups excluding carboxylic acids is 1. The lowest BCUT2D eigenvalue weighted by molar-refractivity contribution is 0.0915. The molecular weight excluding hydrogens is 194 g/mol. The van der Waals surface area contributed by atoms with E-state index >= 15 is 0 Å². The summed E-state index contributed by atoms with van der Waals surface area (Å²) < 4.78 is 5.11. The van der Waals surface area contributed by atoms with Gasteiger partial charge >= 0.3 is 0 Å². The van der Waals surface area contributed by atoms with Gasteiger partial charge in [0.05, 0.1) is 13.2 Å². The number of ether oxygens (including phenoxy) is 1. The molecule has 0 saturated heterocycles. The lowest BCUT2D eigenvalue weighted by Gasteiger charge is -2.04. The molecule has 0 fully saturated rings. The predicted octanol–water partition coefficient (Wildman–Crippen LogP) is -0.213. The molecule has 0 radical (unpaired) electrons. The number of amides is 1. The zero-order chi connectivity index (χ0) is 10.9. The van der Waals surface area contributed by atoms with Crippen LogP contribution in [0.4, 0.5) is 0 Å². The van der Waals surface area contributed by atoms with Crippen LogP contribution >= 0.6 is 0 Å². The molecule has 1 rings (SSSR count). The van der Waals surface area contributed by atoms with Gasteiger partial charge in [0.15, 0.2) is 0 Å². The molecule has 5 nitrogen and oxygen atoms in total. The van der Waals surface area contributed by atoms with E-state index in [1.165, 1.54) is 0 Å². The van der Waals surface area contributed by atoms with Crippen molar-refractivity contribution < 1.29 is 9.53 Å². The Morgan fingerprint density at radius 1 is 1.47 bits per heavy atom. The Morgan fingerprint density at radius 2 is 2.33 bits per heavy atom. The fraction of sp³-hybridized carbons (Fsp3) is 0.400. The number of hydrogen-bond donors (Lipinski definition) is 2. The third-order valence-corrected chi connectivity index (χ3v) is 1.69. The summed E-state index contributed by atoms with van der Waals surface area (Å²) in [5.41, 5.74) is 5.65. The van der Waals surface area contributed by atoms with Gasteiger partial charge in [-0.25, -0.2) is 0 Å². The second kappa shape index (κ2) is 6.92. The van der Waals surface area contributed by atoms with E-state index in [-0.39, 0.29) is 5.91 Å². The van der Waals surface area contributed by atoms with E-state index < -0.39 is 0 Å². The molecule has 1 amide bonds. The lowest BCUT2D eigenvalue weighted by Crippen LogP contribution is -2.28. The van der Waals surface area contributed by atoms with E-state index in [1.54, 1.807) is 24.4 Å². The molecule has 1 aromatic rings. The number of carbonyl (C=O) groups is 1. The summed E-state index contributed by atoms with van der Waals surface area (Å²) >= 11 is 0. The van der Waals surface area contributed by atoms with Crippen LogP contribution in [-0.4, -0.2) is 37.2 Å². The molecule has 82 valence electrons. The van der Waals surface area contributed by atoms with E-state index in [9.17, 15) is 4.79 Å². The summed E-state index contributed by atoms with van der Waals surface area (Å²) in [5, 5.41) is 2.69. The second-order valence-corrected chi connectivity index (χ2v) is 2.87. The van der Waals surface area contributed by atoms with Crippen molar-refractivity contribution in [3.63, 3.8) is 0 Å². The molecule has 0 spiro atoms. The van der Waals surface area contributed by atoms with E-state index in [0.717, 1.165) is 0 Å². The van der Waals surface area contributed by atoms with Crippen LogP contribution in [-0.2, 0) is 4.74 Å². The SMILES string of the molecule is NCCOCCNC(=O)c1ccccn1. The van der Waals surface area contributed by atoms with Crippen LogP contribution in [0.2, 0.25) is 0 Å². The van der Waals surface area contributed by atoms with Gasteiger partial charge in [0, 0.05) is 19.3 Å². The average molecular weight is 209 g/mol. The van der Waals surface area contributed by atoms with Gasteiger partial charge in [-0.15, -0.1) is 0 Å². The van der Waals surface area contributed by atoms with Crippen molar-refractivity contribution >= 4 is 5.91 Å².